The number of nitrogens with zero attached hydrogens (tertiary/aromatic N) is 4. The molecule has 24 heavy (non-hydrogen) atoms. The van der Waals surface area contributed by atoms with Gasteiger partial charge in [0.25, 0.3) is 0 Å². The highest BCUT2D eigenvalue weighted by Crippen LogP contribution is 2.26. The summed E-state index contributed by atoms with van der Waals surface area (Å²) < 4.78 is 0. The van der Waals surface area contributed by atoms with Gasteiger partial charge in [-0.3, -0.25) is 0 Å². The van der Waals surface area contributed by atoms with E-state index in [1.807, 2.05) is 24.3 Å². The third-order valence-corrected chi connectivity index (χ3v) is 4.50. The topological polar surface area (TPSA) is 53.9 Å². The second-order valence-electron chi connectivity index (χ2n) is 5.99. The molecule has 5 nitrogen and oxygen atoms in total. The number of aromatic nitrogens is 3. The largest absolute Gasteiger partial charge is 0.365 e. The van der Waals surface area contributed by atoms with Gasteiger partial charge in [0.15, 0.2) is 0 Å². The van der Waals surface area contributed by atoms with E-state index in [1.165, 1.54) is 0 Å². The summed E-state index contributed by atoms with van der Waals surface area (Å²) in [5.41, 5.74) is 0. The number of halogens is 1. The van der Waals surface area contributed by atoms with Crippen molar-refractivity contribution in [1.29, 1.82) is 0 Å². The average Bonchev–Trinajstić information content (AvgIpc) is 2.62. The average molecular weight is 340 g/mol. The van der Waals surface area contributed by atoms with Crippen LogP contribution in [0.25, 0.3) is 10.8 Å². The molecule has 1 unspecified atom stereocenters. The first-order valence-corrected chi connectivity index (χ1v) is 8.51. The molecular weight excluding hydrogens is 322 g/mol. The van der Waals surface area contributed by atoms with E-state index in [-0.39, 0.29) is 6.04 Å². The molecule has 3 heterocycles. The van der Waals surface area contributed by atoms with Gasteiger partial charge in [-0.05, 0) is 30.4 Å². The number of hydrogen-bond acceptors (Lipinski definition) is 5. The molecule has 1 atom stereocenters. The second kappa shape index (κ2) is 6.61. The van der Waals surface area contributed by atoms with E-state index >= 15 is 0 Å². The van der Waals surface area contributed by atoms with Gasteiger partial charge in [0.2, 0.25) is 5.95 Å². The third kappa shape index (κ3) is 3.12. The Bertz CT molecular complexity index is 839. The van der Waals surface area contributed by atoms with Gasteiger partial charge in [-0.2, -0.15) is 0 Å². The van der Waals surface area contributed by atoms with Crippen molar-refractivity contribution in [2.75, 3.05) is 23.3 Å². The molecule has 1 fully saturated rings. The summed E-state index contributed by atoms with van der Waals surface area (Å²) in [6.45, 7) is 1.83. The van der Waals surface area contributed by atoms with E-state index in [0.29, 0.717) is 5.15 Å². The Kier molecular flexibility index (Phi) is 4.17. The zero-order chi connectivity index (χ0) is 16.4. The Labute approximate surface area is 145 Å². The smallest absolute Gasteiger partial charge is 0.225 e. The van der Waals surface area contributed by atoms with Crippen molar-refractivity contribution >= 4 is 34.1 Å². The number of anilines is 2. The number of hydrogen-bond donors (Lipinski definition) is 1. The number of rotatable bonds is 3. The highest BCUT2D eigenvalue weighted by Gasteiger charge is 2.22. The zero-order valence-electron chi connectivity index (χ0n) is 13.2. The molecule has 1 aliphatic heterocycles. The van der Waals surface area contributed by atoms with Gasteiger partial charge in [-0.15, -0.1) is 0 Å². The first kappa shape index (κ1) is 15.1. The Morgan fingerprint density at radius 3 is 2.83 bits per heavy atom. The lowest BCUT2D eigenvalue weighted by atomic mass is 10.1. The molecule has 1 saturated heterocycles. The molecule has 0 bridgehead atoms. The van der Waals surface area contributed by atoms with E-state index in [9.17, 15) is 0 Å². The van der Waals surface area contributed by atoms with E-state index in [0.717, 1.165) is 48.5 Å². The fourth-order valence-corrected chi connectivity index (χ4v) is 3.40. The summed E-state index contributed by atoms with van der Waals surface area (Å²) in [6, 6.07) is 12.2. The molecule has 0 amide bonds. The quantitative estimate of drug-likeness (QED) is 0.736. The van der Waals surface area contributed by atoms with E-state index in [2.05, 4.69) is 37.3 Å². The van der Waals surface area contributed by atoms with Crippen LogP contribution >= 0.6 is 11.6 Å². The Morgan fingerprint density at radius 2 is 1.96 bits per heavy atom. The van der Waals surface area contributed by atoms with Crippen LogP contribution in [-0.4, -0.2) is 34.1 Å². The van der Waals surface area contributed by atoms with Crippen LogP contribution in [0.15, 0.2) is 48.8 Å². The number of nitrogens with one attached hydrogen (secondary N) is 1. The fourth-order valence-electron chi connectivity index (χ4n) is 3.20. The predicted molar refractivity (Wildman–Crippen MR) is 97.6 cm³/mol. The number of pyridine rings is 1. The molecular formula is C18H18ClN5. The summed E-state index contributed by atoms with van der Waals surface area (Å²) in [5, 5.41) is 6.27. The molecule has 6 heteroatoms. The molecule has 1 N–H and O–H groups in total. The van der Waals surface area contributed by atoms with E-state index < -0.39 is 0 Å². The minimum absolute atomic E-state index is 0.289. The van der Waals surface area contributed by atoms with Gasteiger partial charge in [-0.25, -0.2) is 15.0 Å². The standard InChI is InChI=1S/C18H18ClN5/c19-16-11-13-5-1-2-7-15(13)17(23-16)22-14-6-3-10-24(12-14)18-20-8-4-9-21-18/h1-2,4-5,7-9,11,14H,3,6,10,12H2,(H,22,23). The molecule has 0 spiro atoms. The monoisotopic (exact) mass is 339 g/mol. The molecule has 0 radical (unpaired) electrons. The van der Waals surface area contributed by atoms with Crippen LogP contribution in [0.2, 0.25) is 5.15 Å². The lowest BCUT2D eigenvalue weighted by Crippen LogP contribution is -2.43. The Hall–Kier alpha value is -2.40. The van der Waals surface area contributed by atoms with Crippen LogP contribution in [0.5, 0.6) is 0 Å². The van der Waals surface area contributed by atoms with Crippen LogP contribution < -0.4 is 10.2 Å². The number of piperidine rings is 1. The van der Waals surface area contributed by atoms with Crippen molar-refractivity contribution in [2.24, 2.45) is 0 Å². The molecule has 0 aliphatic carbocycles. The van der Waals surface area contributed by atoms with Crippen LogP contribution in [0.1, 0.15) is 12.8 Å². The molecule has 1 aromatic carbocycles. The zero-order valence-corrected chi connectivity index (χ0v) is 13.9. The molecule has 2 aromatic heterocycles. The maximum Gasteiger partial charge on any atom is 0.225 e. The number of fused-ring (bicyclic) bond motifs is 1. The van der Waals surface area contributed by atoms with Gasteiger partial charge in [0, 0.05) is 36.9 Å². The maximum atomic E-state index is 6.18. The Morgan fingerprint density at radius 1 is 1.12 bits per heavy atom. The summed E-state index contributed by atoms with van der Waals surface area (Å²) in [6.07, 6.45) is 5.75. The minimum atomic E-state index is 0.289. The molecule has 3 aromatic rings. The van der Waals surface area contributed by atoms with Gasteiger partial charge >= 0.3 is 0 Å². The fraction of sp³-hybridized carbons (Fsp3) is 0.278. The molecule has 122 valence electrons. The summed E-state index contributed by atoms with van der Waals surface area (Å²) in [7, 11) is 0. The lowest BCUT2D eigenvalue weighted by molar-refractivity contribution is 0.522. The summed E-state index contributed by atoms with van der Waals surface area (Å²) >= 11 is 6.18. The van der Waals surface area contributed by atoms with Crippen molar-refractivity contribution < 1.29 is 0 Å². The lowest BCUT2D eigenvalue weighted by Gasteiger charge is -2.33. The highest BCUT2D eigenvalue weighted by atomic mass is 35.5. The first-order chi connectivity index (χ1) is 11.8. The van der Waals surface area contributed by atoms with Crippen LogP contribution in [0, 0.1) is 0 Å². The minimum Gasteiger partial charge on any atom is -0.365 e. The summed E-state index contributed by atoms with van der Waals surface area (Å²) in [4.78, 5) is 15.4. The van der Waals surface area contributed by atoms with Crippen molar-refractivity contribution in [3.05, 3.63) is 53.9 Å². The summed E-state index contributed by atoms with van der Waals surface area (Å²) in [5.74, 6) is 1.63. The second-order valence-corrected chi connectivity index (χ2v) is 6.38. The molecule has 1 aliphatic rings. The molecule has 0 saturated carbocycles. The molecule has 4 rings (SSSR count). The van der Waals surface area contributed by atoms with Crippen molar-refractivity contribution in [3.63, 3.8) is 0 Å². The normalized spacial score (nSPS) is 17.9. The maximum absolute atomic E-state index is 6.18. The van der Waals surface area contributed by atoms with Crippen molar-refractivity contribution in [3.8, 4) is 0 Å². The SMILES string of the molecule is Clc1cc2ccccc2c(NC2CCCN(c3ncccn3)C2)n1. The van der Waals surface area contributed by atoms with Gasteiger partial charge in [0.1, 0.15) is 11.0 Å². The van der Waals surface area contributed by atoms with Crippen LogP contribution in [0.3, 0.4) is 0 Å². The highest BCUT2D eigenvalue weighted by molar-refractivity contribution is 6.30. The van der Waals surface area contributed by atoms with Gasteiger partial charge in [0.05, 0.1) is 0 Å². The number of benzene rings is 1. The van der Waals surface area contributed by atoms with Crippen LogP contribution in [0.4, 0.5) is 11.8 Å². The van der Waals surface area contributed by atoms with E-state index in [1.54, 1.807) is 12.4 Å². The van der Waals surface area contributed by atoms with E-state index in [4.69, 9.17) is 11.6 Å². The van der Waals surface area contributed by atoms with Crippen molar-refractivity contribution in [2.45, 2.75) is 18.9 Å². The van der Waals surface area contributed by atoms with Crippen molar-refractivity contribution in [1.82, 2.24) is 15.0 Å². The third-order valence-electron chi connectivity index (χ3n) is 4.31. The van der Waals surface area contributed by atoms with Gasteiger partial charge < -0.3 is 10.2 Å². The predicted octanol–water partition coefficient (Wildman–Crippen LogP) is 3.76. The van der Waals surface area contributed by atoms with Crippen LogP contribution in [-0.2, 0) is 0 Å². The Balaban J connectivity index is 1.57. The van der Waals surface area contributed by atoms with Gasteiger partial charge in [-0.1, -0.05) is 35.9 Å². The first-order valence-electron chi connectivity index (χ1n) is 8.13.